The van der Waals surface area contributed by atoms with E-state index in [0.29, 0.717) is 0 Å². The van der Waals surface area contributed by atoms with Gasteiger partial charge in [0, 0.05) is 11.5 Å². The first kappa shape index (κ1) is 11.1. The molecule has 1 aromatic heterocycles. The molecule has 3 heteroatoms. The molecule has 0 aliphatic heterocycles. The van der Waals surface area contributed by atoms with Crippen molar-refractivity contribution < 1.29 is 4.42 Å². The van der Waals surface area contributed by atoms with Gasteiger partial charge in [-0.1, -0.05) is 26.8 Å². The van der Waals surface area contributed by atoms with Crippen LogP contribution >= 0.6 is 0 Å². The molecule has 3 nitrogen and oxygen atoms in total. The number of aromatic nitrogens is 1. The number of hydrogen-bond donors (Lipinski definition) is 1. The molecule has 0 fully saturated rings. The second-order valence-corrected chi connectivity index (χ2v) is 5.28. The maximum absolute atomic E-state index is 5.84. The highest BCUT2D eigenvalue weighted by molar-refractivity contribution is 5.73. The fourth-order valence-electron chi connectivity index (χ4n) is 1.55. The maximum atomic E-state index is 5.84. The minimum absolute atomic E-state index is 0.0270. The molecule has 0 amide bonds. The summed E-state index contributed by atoms with van der Waals surface area (Å²) in [5, 5.41) is 0. The smallest absolute Gasteiger partial charge is 0.200 e. The van der Waals surface area contributed by atoms with Gasteiger partial charge in [-0.3, -0.25) is 0 Å². The number of nitrogens with two attached hydrogens (primary N) is 1. The predicted octanol–water partition coefficient (Wildman–Crippen LogP) is 3.15. The van der Waals surface area contributed by atoms with Crippen LogP contribution < -0.4 is 5.73 Å². The predicted molar refractivity (Wildman–Crippen MR) is 65.3 cm³/mol. The molecule has 0 bridgehead atoms. The first-order chi connectivity index (χ1) is 7.38. The molecule has 0 radical (unpaired) electrons. The van der Waals surface area contributed by atoms with Crippen molar-refractivity contribution >= 4 is 11.1 Å². The quantitative estimate of drug-likeness (QED) is 0.800. The standard InChI is InChI=1S/C13H18N2O/c1-8(14)9-5-6-11-10(7-9)15-12(16-11)13(2,3)4/h5-8H,14H2,1-4H3. The zero-order valence-electron chi connectivity index (χ0n) is 10.2. The third kappa shape index (κ3) is 1.95. The average Bonchev–Trinajstić information content (AvgIpc) is 2.58. The van der Waals surface area contributed by atoms with E-state index in [0.717, 1.165) is 22.6 Å². The normalized spacial score (nSPS) is 14.3. The molecule has 0 spiro atoms. The van der Waals surface area contributed by atoms with Crippen LogP contribution in [0.2, 0.25) is 0 Å². The Labute approximate surface area is 95.7 Å². The van der Waals surface area contributed by atoms with Gasteiger partial charge in [-0.05, 0) is 24.6 Å². The van der Waals surface area contributed by atoms with Crippen LogP contribution in [0.4, 0.5) is 0 Å². The lowest BCUT2D eigenvalue weighted by Crippen LogP contribution is -2.11. The Morgan fingerprint density at radius 3 is 2.56 bits per heavy atom. The summed E-state index contributed by atoms with van der Waals surface area (Å²) in [5.74, 6) is 0.768. The Hall–Kier alpha value is -1.35. The molecule has 1 atom stereocenters. The largest absolute Gasteiger partial charge is 0.440 e. The van der Waals surface area contributed by atoms with Crippen LogP contribution in [-0.4, -0.2) is 4.98 Å². The lowest BCUT2D eigenvalue weighted by atomic mass is 9.97. The summed E-state index contributed by atoms with van der Waals surface area (Å²) in [7, 11) is 0. The lowest BCUT2D eigenvalue weighted by Gasteiger charge is -2.11. The molecule has 2 aromatic rings. The van der Waals surface area contributed by atoms with Gasteiger partial charge in [-0.15, -0.1) is 0 Å². The second-order valence-electron chi connectivity index (χ2n) is 5.28. The van der Waals surface area contributed by atoms with Crippen LogP contribution in [0.3, 0.4) is 0 Å². The molecule has 1 heterocycles. The van der Waals surface area contributed by atoms with E-state index in [2.05, 4.69) is 25.8 Å². The van der Waals surface area contributed by atoms with Gasteiger partial charge in [-0.25, -0.2) is 4.98 Å². The minimum atomic E-state index is -0.0620. The maximum Gasteiger partial charge on any atom is 0.200 e. The van der Waals surface area contributed by atoms with Gasteiger partial charge in [0.15, 0.2) is 5.58 Å². The van der Waals surface area contributed by atoms with Crippen molar-refractivity contribution in [2.24, 2.45) is 5.73 Å². The number of fused-ring (bicyclic) bond motifs is 1. The third-order valence-electron chi connectivity index (χ3n) is 2.58. The molecule has 0 saturated heterocycles. The highest BCUT2D eigenvalue weighted by atomic mass is 16.3. The minimum Gasteiger partial charge on any atom is -0.440 e. The molecular formula is C13H18N2O. The Kier molecular flexibility index (Phi) is 2.50. The summed E-state index contributed by atoms with van der Waals surface area (Å²) in [4.78, 5) is 4.50. The van der Waals surface area contributed by atoms with Gasteiger partial charge in [0.05, 0.1) is 0 Å². The van der Waals surface area contributed by atoms with Gasteiger partial charge >= 0.3 is 0 Å². The van der Waals surface area contributed by atoms with E-state index in [4.69, 9.17) is 10.2 Å². The van der Waals surface area contributed by atoms with Crippen molar-refractivity contribution in [1.82, 2.24) is 4.98 Å². The zero-order chi connectivity index (χ0) is 11.9. The second kappa shape index (κ2) is 3.59. The number of nitrogens with zero attached hydrogens (tertiary/aromatic N) is 1. The highest BCUT2D eigenvalue weighted by Crippen LogP contribution is 2.27. The van der Waals surface area contributed by atoms with Crippen LogP contribution in [-0.2, 0) is 5.41 Å². The summed E-state index contributed by atoms with van der Waals surface area (Å²) in [6.45, 7) is 8.23. The van der Waals surface area contributed by atoms with Gasteiger partial charge in [0.1, 0.15) is 5.52 Å². The van der Waals surface area contributed by atoms with Crippen molar-refractivity contribution in [2.75, 3.05) is 0 Å². The topological polar surface area (TPSA) is 52.0 Å². The third-order valence-corrected chi connectivity index (χ3v) is 2.58. The van der Waals surface area contributed by atoms with Gasteiger partial charge in [0.2, 0.25) is 5.89 Å². The Balaban J connectivity index is 2.54. The van der Waals surface area contributed by atoms with Crippen LogP contribution in [0.25, 0.3) is 11.1 Å². The molecule has 0 aliphatic rings. The summed E-state index contributed by atoms with van der Waals surface area (Å²) < 4.78 is 5.72. The summed E-state index contributed by atoms with van der Waals surface area (Å²) in [6, 6.07) is 5.96. The summed E-state index contributed by atoms with van der Waals surface area (Å²) in [6.07, 6.45) is 0. The number of rotatable bonds is 1. The van der Waals surface area contributed by atoms with E-state index in [-0.39, 0.29) is 11.5 Å². The van der Waals surface area contributed by atoms with Crippen molar-refractivity contribution in [2.45, 2.75) is 39.2 Å². The molecule has 2 N–H and O–H groups in total. The Bertz CT molecular complexity index is 506. The lowest BCUT2D eigenvalue weighted by molar-refractivity contribution is 0.411. The van der Waals surface area contributed by atoms with E-state index in [1.165, 1.54) is 0 Å². The zero-order valence-corrected chi connectivity index (χ0v) is 10.2. The van der Waals surface area contributed by atoms with Crippen molar-refractivity contribution in [1.29, 1.82) is 0 Å². The number of benzene rings is 1. The molecule has 0 aliphatic carbocycles. The van der Waals surface area contributed by atoms with Crippen molar-refractivity contribution in [3.63, 3.8) is 0 Å². The van der Waals surface area contributed by atoms with E-state index in [1.807, 2.05) is 25.1 Å². The molecule has 16 heavy (non-hydrogen) atoms. The molecule has 2 rings (SSSR count). The Morgan fingerprint density at radius 1 is 1.31 bits per heavy atom. The molecule has 1 aromatic carbocycles. The van der Waals surface area contributed by atoms with Gasteiger partial charge < -0.3 is 10.2 Å². The fourth-order valence-corrected chi connectivity index (χ4v) is 1.55. The first-order valence-electron chi connectivity index (χ1n) is 5.54. The van der Waals surface area contributed by atoms with Crippen LogP contribution in [0.5, 0.6) is 0 Å². The monoisotopic (exact) mass is 218 g/mol. The van der Waals surface area contributed by atoms with Gasteiger partial charge in [0.25, 0.3) is 0 Å². The van der Waals surface area contributed by atoms with E-state index < -0.39 is 0 Å². The van der Waals surface area contributed by atoms with E-state index in [1.54, 1.807) is 0 Å². The van der Waals surface area contributed by atoms with E-state index in [9.17, 15) is 0 Å². The Morgan fingerprint density at radius 2 is 2.00 bits per heavy atom. The highest BCUT2D eigenvalue weighted by Gasteiger charge is 2.20. The number of hydrogen-bond acceptors (Lipinski definition) is 3. The van der Waals surface area contributed by atoms with Gasteiger partial charge in [-0.2, -0.15) is 0 Å². The molecule has 0 saturated carbocycles. The average molecular weight is 218 g/mol. The SMILES string of the molecule is CC(N)c1ccc2oc(C(C)(C)C)nc2c1. The summed E-state index contributed by atoms with van der Waals surface area (Å²) in [5.41, 5.74) is 8.58. The van der Waals surface area contributed by atoms with Crippen LogP contribution in [0.1, 0.15) is 45.2 Å². The molecule has 1 unspecified atom stereocenters. The fraction of sp³-hybridized carbons (Fsp3) is 0.462. The van der Waals surface area contributed by atoms with E-state index >= 15 is 0 Å². The summed E-state index contributed by atoms with van der Waals surface area (Å²) >= 11 is 0. The molecule has 86 valence electrons. The van der Waals surface area contributed by atoms with Crippen molar-refractivity contribution in [3.05, 3.63) is 29.7 Å². The molecular weight excluding hydrogens is 200 g/mol. The van der Waals surface area contributed by atoms with Crippen LogP contribution in [0, 0.1) is 0 Å². The van der Waals surface area contributed by atoms with Crippen molar-refractivity contribution in [3.8, 4) is 0 Å². The van der Waals surface area contributed by atoms with Crippen LogP contribution in [0.15, 0.2) is 22.6 Å². The number of oxazole rings is 1. The first-order valence-corrected chi connectivity index (χ1v) is 5.54.